The van der Waals surface area contributed by atoms with Crippen molar-refractivity contribution in [3.63, 3.8) is 0 Å². The van der Waals surface area contributed by atoms with Gasteiger partial charge >= 0.3 is 0 Å². The molecule has 0 bridgehead atoms. The van der Waals surface area contributed by atoms with Crippen molar-refractivity contribution in [3.8, 4) is 5.75 Å². The number of pyridine rings is 1. The van der Waals surface area contributed by atoms with Crippen LogP contribution in [0.15, 0.2) is 22.9 Å². The van der Waals surface area contributed by atoms with Crippen LogP contribution in [0.4, 0.5) is 0 Å². The van der Waals surface area contributed by atoms with Gasteiger partial charge in [0.15, 0.2) is 0 Å². The fourth-order valence-electron chi connectivity index (χ4n) is 2.18. The third kappa shape index (κ3) is 3.48. The number of aromatic nitrogens is 1. The molecule has 1 aliphatic rings. The highest BCUT2D eigenvalue weighted by molar-refractivity contribution is 9.10. The minimum Gasteiger partial charge on any atom is -0.492 e. The summed E-state index contributed by atoms with van der Waals surface area (Å²) in [7, 11) is 0. The van der Waals surface area contributed by atoms with Crippen molar-refractivity contribution in [2.45, 2.75) is 32.6 Å². The fourth-order valence-corrected chi connectivity index (χ4v) is 2.53. The molecule has 16 heavy (non-hydrogen) atoms. The molecule has 0 saturated heterocycles. The Bertz CT molecular complexity index is 334. The van der Waals surface area contributed by atoms with Crippen molar-refractivity contribution < 1.29 is 4.74 Å². The van der Waals surface area contributed by atoms with Crippen molar-refractivity contribution >= 4 is 15.9 Å². The fraction of sp³-hybridized carbons (Fsp3) is 0.615. The molecule has 1 aromatic rings. The van der Waals surface area contributed by atoms with Gasteiger partial charge in [0.1, 0.15) is 5.75 Å². The third-order valence-electron chi connectivity index (χ3n) is 3.30. The Balaban J connectivity index is 1.79. The normalized spacial score (nSPS) is 25.4. The molecule has 0 amide bonds. The van der Waals surface area contributed by atoms with Gasteiger partial charge in [0.05, 0.1) is 12.8 Å². The van der Waals surface area contributed by atoms with E-state index in [9.17, 15) is 0 Å². The molecule has 0 aromatic carbocycles. The van der Waals surface area contributed by atoms with Crippen LogP contribution in [0.1, 0.15) is 32.6 Å². The Kier molecular flexibility index (Phi) is 4.22. The first-order chi connectivity index (χ1) is 7.74. The highest BCUT2D eigenvalue weighted by Gasteiger charge is 2.18. The summed E-state index contributed by atoms with van der Waals surface area (Å²) in [5.41, 5.74) is 0. The summed E-state index contributed by atoms with van der Waals surface area (Å²) in [5, 5.41) is 0. The molecular formula is C13H18BrNO. The van der Waals surface area contributed by atoms with Gasteiger partial charge in [-0.15, -0.1) is 0 Å². The minimum absolute atomic E-state index is 0.732. The van der Waals surface area contributed by atoms with Gasteiger partial charge in [-0.1, -0.05) is 19.8 Å². The van der Waals surface area contributed by atoms with Crippen LogP contribution >= 0.6 is 15.9 Å². The molecule has 1 fully saturated rings. The Morgan fingerprint density at radius 3 is 2.75 bits per heavy atom. The molecule has 0 atom stereocenters. The summed E-state index contributed by atoms with van der Waals surface area (Å²) in [5.74, 6) is 2.51. The van der Waals surface area contributed by atoms with E-state index in [0.717, 1.165) is 28.7 Å². The lowest BCUT2D eigenvalue weighted by molar-refractivity contribution is 0.187. The molecule has 88 valence electrons. The summed E-state index contributed by atoms with van der Waals surface area (Å²) in [6.45, 7) is 3.18. The van der Waals surface area contributed by atoms with Gasteiger partial charge in [-0.05, 0) is 46.7 Å². The smallest absolute Gasteiger partial charge is 0.138 e. The minimum atomic E-state index is 0.732. The first kappa shape index (κ1) is 11.9. The summed E-state index contributed by atoms with van der Waals surface area (Å²) in [6, 6.07) is 1.97. The second-order valence-corrected chi connectivity index (χ2v) is 5.69. The zero-order chi connectivity index (χ0) is 11.4. The molecule has 0 radical (unpaired) electrons. The Morgan fingerprint density at radius 2 is 2.06 bits per heavy atom. The van der Waals surface area contributed by atoms with Crippen molar-refractivity contribution in [3.05, 3.63) is 22.9 Å². The topological polar surface area (TPSA) is 22.1 Å². The molecule has 1 aliphatic carbocycles. The van der Waals surface area contributed by atoms with Crippen LogP contribution in [0.2, 0.25) is 0 Å². The maximum absolute atomic E-state index is 5.77. The summed E-state index contributed by atoms with van der Waals surface area (Å²) in [4.78, 5) is 4.09. The highest BCUT2D eigenvalue weighted by atomic mass is 79.9. The molecule has 0 spiro atoms. The van der Waals surface area contributed by atoms with Gasteiger partial charge in [-0.25, -0.2) is 0 Å². The lowest BCUT2D eigenvalue weighted by atomic mass is 9.83. The maximum Gasteiger partial charge on any atom is 0.138 e. The molecule has 2 nitrogen and oxygen atoms in total. The lowest BCUT2D eigenvalue weighted by Crippen LogP contribution is -2.18. The van der Waals surface area contributed by atoms with Gasteiger partial charge in [0, 0.05) is 10.7 Å². The Labute approximate surface area is 106 Å². The Morgan fingerprint density at radius 1 is 1.31 bits per heavy atom. The summed E-state index contributed by atoms with van der Waals surface area (Å²) < 4.78 is 6.74. The molecule has 1 heterocycles. The number of halogens is 1. The van der Waals surface area contributed by atoms with E-state index in [-0.39, 0.29) is 0 Å². The van der Waals surface area contributed by atoms with Gasteiger partial charge < -0.3 is 4.74 Å². The monoisotopic (exact) mass is 283 g/mol. The van der Waals surface area contributed by atoms with E-state index < -0.39 is 0 Å². The van der Waals surface area contributed by atoms with Crippen LogP contribution in [0, 0.1) is 11.8 Å². The van der Waals surface area contributed by atoms with Crippen LogP contribution in [0.3, 0.4) is 0 Å². The standard InChI is InChI=1S/C13H18BrNO/c1-10-2-4-11(5-3-10)9-16-13-6-12(14)7-15-8-13/h6-8,10-11H,2-5,9H2,1H3/t10-,11-. The van der Waals surface area contributed by atoms with E-state index in [0.29, 0.717) is 0 Å². The average molecular weight is 284 g/mol. The molecular weight excluding hydrogens is 266 g/mol. The second-order valence-electron chi connectivity index (χ2n) is 4.78. The molecule has 1 aromatic heterocycles. The third-order valence-corrected chi connectivity index (χ3v) is 3.73. The van der Waals surface area contributed by atoms with Crippen LogP contribution in [-0.4, -0.2) is 11.6 Å². The van der Waals surface area contributed by atoms with Crippen LogP contribution in [0.25, 0.3) is 0 Å². The quantitative estimate of drug-likeness (QED) is 0.835. The molecule has 1 saturated carbocycles. The largest absolute Gasteiger partial charge is 0.492 e. The number of hydrogen-bond donors (Lipinski definition) is 0. The van der Waals surface area contributed by atoms with Crippen molar-refractivity contribution in [2.75, 3.05) is 6.61 Å². The Hall–Kier alpha value is -0.570. The summed E-state index contributed by atoms with van der Waals surface area (Å²) >= 11 is 3.39. The number of ether oxygens (including phenoxy) is 1. The molecule has 0 unspecified atom stereocenters. The van der Waals surface area contributed by atoms with Gasteiger partial charge in [-0.2, -0.15) is 0 Å². The highest BCUT2D eigenvalue weighted by Crippen LogP contribution is 2.28. The van der Waals surface area contributed by atoms with Gasteiger partial charge in [0.2, 0.25) is 0 Å². The van der Waals surface area contributed by atoms with E-state index in [2.05, 4.69) is 27.8 Å². The first-order valence-corrected chi connectivity index (χ1v) is 6.76. The predicted octanol–water partition coefficient (Wildman–Crippen LogP) is 4.05. The molecule has 0 aliphatic heterocycles. The number of nitrogens with zero attached hydrogens (tertiary/aromatic N) is 1. The van der Waals surface area contributed by atoms with Gasteiger partial charge in [0.25, 0.3) is 0 Å². The van der Waals surface area contributed by atoms with Gasteiger partial charge in [-0.3, -0.25) is 4.98 Å². The SMILES string of the molecule is C[C@H]1CC[C@H](COc2cncc(Br)c2)CC1. The molecule has 2 rings (SSSR count). The predicted molar refractivity (Wildman–Crippen MR) is 68.6 cm³/mol. The van der Waals surface area contributed by atoms with Crippen LogP contribution in [0.5, 0.6) is 5.75 Å². The average Bonchev–Trinajstić information content (AvgIpc) is 2.28. The van der Waals surface area contributed by atoms with Crippen molar-refractivity contribution in [2.24, 2.45) is 11.8 Å². The van der Waals surface area contributed by atoms with E-state index >= 15 is 0 Å². The number of hydrogen-bond acceptors (Lipinski definition) is 2. The zero-order valence-corrected chi connectivity index (χ0v) is 11.2. The van der Waals surface area contributed by atoms with E-state index in [1.54, 1.807) is 12.4 Å². The summed E-state index contributed by atoms with van der Waals surface area (Å²) in [6.07, 6.45) is 8.87. The molecule has 0 N–H and O–H groups in total. The first-order valence-electron chi connectivity index (χ1n) is 5.97. The van der Waals surface area contributed by atoms with Crippen molar-refractivity contribution in [1.29, 1.82) is 0 Å². The molecule has 3 heteroatoms. The van der Waals surface area contributed by atoms with E-state index in [1.807, 2.05) is 6.07 Å². The zero-order valence-electron chi connectivity index (χ0n) is 9.66. The number of rotatable bonds is 3. The lowest BCUT2D eigenvalue weighted by Gasteiger charge is -2.25. The maximum atomic E-state index is 5.77. The van der Waals surface area contributed by atoms with Crippen LogP contribution in [-0.2, 0) is 0 Å². The van der Waals surface area contributed by atoms with E-state index in [1.165, 1.54) is 25.7 Å². The van der Waals surface area contributed by atoms with Crippen LogP contribution < -0.4 is 4.74 Å². The second kappa shape index (κ2) is 5.67. The van der Waals surface area contributed by atoms with E-state index in [4.69, 9.17) is 4.74 Å². The van der Waals surface area contributed by atoms with Crippen molar-refractivity contribution in [1.82, 2.24) is 4.98 Å².